The summed E-state index contributed by atoms with van der Waals surface area (Å²) in [6.07, 6.45) is 0. The topological polar surface area (TPSA) is 52.0 Å². The quantitative estimate of drug-likeness (QED) is 0.463. The first-order valence-electron chi connectivity index (χ1n) is 5.13. The third-order valence-electron chi connectivity index (χ3n) is 2.00. The van der Waals surface area contributed by atoms with Crippen LogP contribution in [-0.2, 0) is 0 Å². The molecule has 0 heterocycles. The number of nitrogen functional groups attached to an aromatic ring is 2. The molecule has 0 aliphatic rings. The van der Waals surface area contributed by atoms with Crippen molar-refractivity contribution >= 4 is 52.6 Å². The lowest BCUT2D eigenvalue weighted by molar-refractivity contribution is 1.48. The molecule has 0 amide bonds. The SMILES string of the molecule is Nc1cccc(SSSSc2cccc(N)c2)c1. The average Bonchev–Trinajstić information content (AvgIpc) is 2.35. The van der Waals surface area contributed by atoms with E-state index in [9.17, 15) is 0 Å². The van der Waals surface area contributed by atoms with Gasteiger partial charge in [-0.05, 0) is 77.6 Å². The van der Waals surface area contributed by atoms with Gasteiger partial charge in [-0.25, -0.2) is 0 Å². The Morgan fingerprint density at radius 2 is 1.11 bits per heavy atom. The molecule has 94 valence electrons. The van der Waals surface area contributed by atoms with Crippen LogP contribution < -0.4 is 11.5 Å². The van der Waals surface area contributed by atoms with Crippen molar-refractivity contribution in [2.45, 2.75) is 9.79 Å². The maximum absolute atomic E-state index is 5.72. The highest BCUT2D eigenvalue weighted by molar-refractivity contribution is 9.26. The van der Waals surface area contributed by atoms with E-state index in [-0.39, 0.29) is 0 Å². The van der Waals surface area contributed by atoms with Gasteiger partial charge in [-0.15, -0.1) is 0 Å². The number of anilines is 2. The number of hydrogen-bond acceptors (Lipinski definition) is 6. The molecule has 0 aromatic heterocycles. The zero-order chi connectivity index (χ0) is 12.8. The van der Waals surface area contributed by atoms with Gasteiger partial charge in [-0.1, -0.05) is 12.1 Å². The molecule has 0 saturated carbocycles. The van der Waals surface area contributed by atoms with Crippen LogP contribution in [0.1, 0.15) is 0 Å². The first-order valence-corrected chi connectivity index (χ1v) is 9.94. The fraction of sp³-hybridized carbons (Fsp3) is 0. The van der Waals surface area contributed by atoms with E-state index in [1.54, 1.807) is 41.2 Å². The predicted octanol–water partition coefficient (Wildman–Crippen LogP) is 4.95. The number of rotatable bonds is 5. The van der Waals surface area contributed by atoms with E-state index in [0.717, 1.165) is 11.4 Å². The van der Waals surface area contributed by atoms with Gasteiger partial charge in [0, 0.05) is 21.2 Å². The van der Waals surface area contributed by atoms with E-state index < -0.39 is 0 Å². The van der Waals surface area contributed by atoms with Gasteiger partial charge in [-0.2, -0.15) is 0 Å². The van der Waals surface area contributed by atoms with E-state index >= 15 is 0 Å². The minimum Gasteiger partial charge on any atom is -0.399 e. The standard InChI is InChI=1S/C12H12N2S4/c13-9-3-1-5-11(7-9)15-17-18-16-12-6-2-4-10(14)8-12/h1-8H,13-14H2. The van der Waals surface area contributed by atoms with Crippen LogP contribution >= 0.6 is 41.2 Å². The Hall–Kier alpha value is -0.560. The second-order valence-corrected chi connectivity index (χ2v) is 9.26. The Labute approximate surface area is 122 Å². The summed E-state index contributed by atoms with van der Waals surface area (Å²) >= 11 is 0. The Bertz CT molecular complexity index is 471. The maximum Gasteiger partial charge on any atom is 0.0325 e. The van der Waals surface area contributed by atoms with Crippen LogP contribution in [0.2, 0.25) is 0 Å². The Balaban J connectivity index is 1.76. The summed E-state index contributed by atoms with van der Waals surface area (Å²) in [4.78, 5) is 2.33. The number of nitrogens with two attached hydrogens (primary N) is 2. The summed E-state index contributed by atoms with van der Waals surface area (Å²) in [6, 6.07) is 15.8. The van der Waals surface area contributed by atoms with Gasteiger partial charge in [0.25, 0.3) is 0 Å². The Morgan fingerprint density at radius 1 is 0.667 bits per heavy atom. The number of benzene rings is 2. The van der Waals surface area contributed by atoms with E-state index in [1.807, 2.05) is 36.4 Å². The molecule has 2 aromatic carbocycles. The van der Waals surface area contributed by atoms with Crippen LogP contribution in [0.3, 0.4) is 0 Å². The molecule has 0 bridgehead atoms. The van der Waals surface area contributed by atoms with Crippen LogP contribution in [0, 0.1) is 0 Å². The van der Waals surface area contributed by atoms with Gasteiger partial charge in [0.2, 0.25) is 0 Å². The smallest absolute Gasteiger partial charge is 0.0325 e. The van der Waals surface area contributed by atoms with Crippen LogP contribution in [0.4, 0.5) is 11.4 Å². The molecule has 0 aliphatic carbocycles. The van der Waals surface area contributed by atoms with Crippen molar-refractivity contribution in [3.8, 4) is 0 Å². The normalized spacial score (nSPS) is 10.4. The summed E-state index contributed by atoms with van der Waals surface area (Å²) in [5, 5.41) is 0. The third-order valence-corrected chi connectivity index (χ3v) is 8.04. The molecular weight excluding hydrogens is 300 g/mol. The molecule has 2 aromatic rings. The molecule has 0 radical (unpaired) electrons. The Morgan fingerprint density at radius 3 is 1.50 bits per heavy atom. The van der Waals surface area contributed by atoms with Gasteiger partial charge in [0.15, 0.2) is 0 Å². The maximum atomic E-state index is 5.72. The molecule has 2 rings (SSSR count). The summed E-state index contributed by atoms with van der Waals surface area (Å²) in [6.45, 7) is 0. The van der Waals surface area contributed by atoms with E-state index in [0.29, 0.717) is 0 Å². The van der Waals surface area contributed by atoms with Crippen molar-refractivity contribution in [1.82, 2.24) is 0 Å². The molecule has 0 saturated heterocycles. The first-order chi connectivity index (χ1) is 8.74. The van der Waals surface area contributed by atoms with Gasteiger partial charge in [0.1, 0.15) is 0 Å². The Kier molecular flexibility index (Phi) is 5.49. The van der Waals surface area contributed by atoms with Crippen molar-refractivity contribution < 1.29 is 0 Å². The van der Waals surface area contributed by atoms with Gasteiger partial charge >= 0.3 is 0 Å². The fourth-order valence-corrected chi connectivity index (χ4v) is 6.76. The van der Waals surface area contributed by atoms with Crippen molar-refractivity contribution in [3.05, 3.63) is 48.5 Å². The van der Waals surface area contributed by atoms with E-state index in [1.165, 1.54) is 9.79 Å². The highest BCUT2D eigenvalue weighted by Gasteiger charge is 1.99. The summed E-state index contributed by atoms with van der Waals surface area (Å²) < 4.78 is 0. The summed E-state index contributed by atoms with van der Waals surface area (Å²) in [5.41, 5.74) is 13.0. The zero-order valence-electron chi connectivity index (χ0n) is 9.41. The predicted molar refractivity (Wildman–Crippen MR) is 88.6 cm³/mol. The largest absolute Gasteiger partial charge is 0.399 e. The minimum atomic E-state index is 0.800. The van der Waals surface area contributed by atoms with Crippen molar-refractivity contribution in [1.29, 1.82) is 0 Å². The van der Waals surface area contributed by atoms with Gasteiger partial charge in [0.05, 0.1) is 0 Å². The van der Waals surface area contributed by atoms with E-state index in [2.05, 4.69) is 12.1 Å². The zero-order valence-corrected chi connectivity index (χ0v) is 12.7. The van der Waals surface area contributed by atoms with Crippen molar-refractivity contribution in [2.75, 3.05) is 11.5 Å². The van der Waals surface area contributed by atoms with Crippen LogP contribution in [0.25, 0.3) is 0 Å². The van der Waals surface area contributed by atoms with Crippen LogP contribution in [0.5, 0.6) is 0 Å². The highest BCUT2D eigenvalue weighted by atomic mass is 33.7. The highest BCUT2D eigenvalue weighted by Crippen LogP contribution is 2.49. The molecule has 0 spiro atoms. The lowest BCUT2D eigenvalue weighted by Gasteiger charge is -2.02. The molecule has 2 nitrogen and oxygen atoms in total. The fourth-order valence-electron chi connectivity index (χ4n) is 1.24. The van der Waals surface area contributed by atoms with Crippen molar-refractivity contribution in [2.24, 2.45) is 0 Å². The van der Waals surface area contributed by atoms with E-state index in [4.69, 9.17) is 11.5 Å². The lowest BCUT2D eigenvalue weighted by atomic mass is 10.3. The molecule has 6 heteroatoms. The molecule has 0 aliphatic heterocycles. The average molecular weight is 313 g/mol. The van der Waals surface area contributed by atoms with Crippen LogP contribution in [0.15, 0.2) is 58.3 Å². The van der Waals surface area contributed by atoms with Gasteiger partial charge in [-0.3, -0.25) is 0 Å². The summed E-state index contributed by atoms with van der Waals surface area (Å²) in [5.74, 6) is 0. The monoisotopic (exact) mass is 312 g/mol. The minimum absolute atomic E-state index is 0.800. The second-order valence-electron chi connectivity index (χ2n) is 3.45. The molecule has 0 atom stereocenters. The first kappa shape index (κ1) is 13.9. The molecule has 18 heavy (non-hydrogen) atoms. The van der Waals surface area contributed by atoms with Gasteiger partial charge < -0.3 is 11.5 Å². The molecular formula is C12H12N2S4. The second kappa shape index (κ2) is 7.13. The summed E-state index contributed by atoms with van der Waals surface area (Å²) in [7, 11) is 6.84. The molecule has 0 unspecified atom stereocenters. The lowest BCUT2D eigenvalue weighted by Crippen LogP contribution is -1.82. The van der Waals surface area contributed by atoms with Crippen LogP contribution in [-0.4, -0.2) is 0 Å². The number of hydrogen-bond donors (Lipinski definition) is 2. The molecule has 4 N–H and O–H groups in total. The molecule has 0 fully saturated rings. The third kappa shape index (κ3) is 4.61. The van der Waals surface area contributed by atoms with Crippen molar-refractivity contribution in [3.63, 3.8) is 0 Å².